The van der Waals surface area contributed by atoms with Crippen molar-refractivity contribution in [1.29, 1.82) is 0 Å². The van der Waals surface area contributed by atoms with Crippen LogP contribution in [0.25, 0.3) is 0 Å². The normalized spacial score (nSPS) is 11.2. The summed E-state index contributed by atoms with van der Waals surface area (Å²) in [5, 5.41) is 2.74. The van der Waals surface area contributed by atoms with Gasteiger partial charge in [-0.1, -0.05) is 12.1 Å². The van der Waals surface area contributed by atoms with Gasteiger partial charge in [-0.25, -0.2) is 18.4 Å². The predicted molar refractivity (Wildman–Crippen MR) is 78.3 cm³/mol. The topological polar surface area (TPSA) is 75.2 Å². The molecule has 0 aliphatic heterocycles. The van der Waals surface area contributed by atoms with Crippen molar-refractivity contribution in [3.8, 4) is 0 Å². The highest BCUT2D eigenvalue weighted by Crippen LogP contribution is 2.22. The molecule has 0 unspecified atom stereocenters. The molecule has 0 saturated carbocycles. The maximum atomic E-state index is 12.5. The van der Waals surface area contributed by atoms with Crippen molar-refractivity contribution in [3.05, 3.63) is 42.2 Å². The third-order valence-corrected chi connectivity index (χ3v) is 4.61. The lowest BCUT2D eigenvalue weighted by Crippen LogP contribution is -2.26. The Bertz CT molecular complexity index is 699. The molecule has 7 heteroatoms. The molecule has 1 aromatic carbocycles. The van der Waals surface area contributed by atoms with Crippen LogP contribution in [-0.4, -0.2) is 32.5 Å². The van der Waals surface area contributed by atoms with E-state index < -0.39 is 10.0 Å². The van der Waals surface area contributed by atoms with Gasteiger partial charge in [-0.3, -0.25) is 4.31 Å². The molecule has 106 valence electrons. The van der Waals surface area contributed by atoms with E-state index in [0.29, 0.717) is 11.6 Å². The summed E-state index contributed by atoms with van der Waals surface area (Å²) in [7, 11) is -0.474. The zero-order valence-electron chi connectivity index (χ0n) is 11.5. The van der Waals surface area contributed by atoms with E-state index in [-0.39, 0.29) is 4.90 Å². The molecular weight excluding hydrogens is 276 g/mol. The standard InChI is InChI=1S/C13H16N4O2S/c1-10-5-4-6-11(7-10)17(3)20(18,19)12-8-15-13(14-2)16-9-12/h4-9H,1-3H3,(H,14,15,16). The Labute approximate surface area is 118 Å². The molecule has 1 heterocycles. The fourth-order valence-corrected chi connectivity index (χ4v) is 2.78. The summed E-state index contributed by atoms with van der Waals surface area (Å²) in [4.78, 5) is 7.91. The number of hydrogen-bond acceptors (Lipinski definition) is 5. The highest BCUT2D eigenvalue weighted by atomic mass is 32.2. The third kappa shape index (κ3) is 2.72. The summed E-state index contributed by atoms with van der Waals surface area (Å²) in [6.07, 6.45) is 2.58. The summed E-state index contributed by atoms with van der Waals surface area (Å²) in [5.74, 6) is 0.377. The van der Waals surface area contributed by atoms with E-state index in [1.54, 1.807) is 19.2 Å². The van der Waals surface area contributed by atoms with E-state index in [0.717, 1.165) is 5.56 Å². The van der Waals surface area contributed by atoms with E-state index in [9.17, 15) is 8.42 Å². The summed E-state index contributed by atoms with van der Waals surface area (Å²) < 4.78 is 26.2. The minimum Gasteiger partial charge on any atom is -0.357 e. The van der Waals surface area contributed by atoms with Crippen LogP contribution in [0.2, 0.25) is 0 Å². The lowest BCUT2D eigenvalue weighted by atomic mass is 10.2. The Morgan fingerprint density at radius 2 is 1.85 bits per heavy atom. The summed E-state index contributed by atoms with van der Waals surface area (Å²) in [6.45, 7) is 1.91. The van der Waals surface area contributed by atoms with Gasteiger partial charge in [-0.2, -0.15) is 0 Å². The van der Waals surface area contributed by atoms with E-state index in [4.69, 9.17) is 0 Å². The van der Waals surface area contributed by atoms with Crippen molar-refractivity contribution < 1.29 is 8.42 Å². The van der Waals surface area contributed by atoms with E-state index >= 15 is 0 Å². The number of anilines is 2. The van der Waals surface area contributed by atoms with Crippen molar-refractivity contribution in [2.24, 2.45) is 0 Å². The number of nitrogens with zero attached hydrogens (tertiary/aromatic N) is 3. The van der Waals surface area contributed by atoms with Gasteiger partial charge >= 0.3 is 0 Å². The maximum Gasteiger partial charge on any atom is 0.267 e. The van der Waals surface area contributed by atoms with Crippen LogP contribution in [-0.2, 0) is 10.0 Å². The van der Waals surface area contributed by atoms with Gasteiger partial charge in [-0.15, -0.1) is 0 Å². The summed E-state index contributed by atoms with van der Waals surface area (Å²) in [6, 6.07) is 7.28. The van der Waals surface area contributed by atoms with Gasteiger partial charge in [0.2, 0.25) is 5.95 Å². The first-order valence-corrected chi connectivity index (χ1v) is 7.44. The molecule has 2 rings (SSSR count). The number of rotatable bonds is 4. The van der Waals surface area contributed by atoms with Gasteiger partial charge in [0.05, 0.1) is 18.1 Å². The summed E-state index contributed by atoms with van der Waals surface area (Å²) >= 11 is 0. The molecule has 0 fully saturated rings. The molecule has 0 aliphatic rings. The largest absolute Gasteiger partial charge is 0.357 e. The number of sulfonamides is 1. The third-order valence-electron chi connectivity index (χ3n) is 2.88. The smallest absolute Gasteiger partial charge is 0.267 e. The molecule has 20 heavy (non-hydrogen) atoms. The molecule has 0 spiro atoms. The molecule has 0 aliphatic carbocycles. The van der Waals surface area contributed by atoms with Gasteiger partial charge in [0.15, 0.2) is 0 Å². The molecule has 1 N–H and O–H groups in total. The lowest BCUT2D eigenvalue weighted by molar-refractivity contribution is 0.593. The zero-order valence-corrected chi connectivity index (χ0v) is 12.3. The molecule has 2 aromatic rings. The first-order chi connectivity index (χ1) is 9.45. The molecule has 0 bridgehead atoms. The summed E-state index contributed by atoms with van der Waals surface area (Å²) in [5.41, 5.74) is 1.59. The molecular formula is C13H16N4O2S. The second kappa shape index (κ2) is 5.46. The minimum atomic E-state index is -3.65. The van der Waals surface area contributed by atoms with Crippen LogP contribution in [0, 0.1) is 6.92 Å². The molecule has 0 radical (unpaired) electrons. The van der Waals surface area contributed by atoms with Crippen molar-refractivity contribution in [3.63, 3.8) is 0 Å². The number of hydrogen-bond donors (Lipinski definition) is 1. The van der Waals surface area contributed by atoms with Crippen LogP contribution in [0.5, 0.6) is 0 Å². The van der Waals surface area contributed by atoms with Crippen LogP contribution in [0.4, 0.5) is 11.6 Å². The van der Waals surface area contributed by atoms with E-state index in [1.807, 2.05) is 19.1 Å². The maximum absolute atomic E-state index is 12.5. The second-order valence-corrected chi connectivity index (χ2v) is 6.27. The molecule has 0 amide bonds. The SMILES string of the molecule is CNc1ncc(S(=O)(=O)N(C)c2cccc(C)c2)cn1. The van der Waals surface area contributed by atoms with Gasteiger partial charge in [-0.05, 0) is 24.6 Å². The molecule has 0 atom stereocenters. The minimum absolute atomic E-state index is 0.0560. The van der Waals surface area contributed by atoms with Crippen LogP contribution in [0.1, 0.15) is 5.56 Å². The van der Waals surface area contributed by atoms with Crippen molar-refractivity contribution >= 4 is 21.7 Å². The van der Waals surface area contributed by atoms with Crippen molar-refractivity contribution in [2.75, 3.05) is 23.7 Å². The van der Waals surface area contributed by atoms with Gasteiger partial charge in [0.1, 0.15) is 4.90 Å². The number of benzene rings is 1. The quantitative estimate of drug-likeness (QED) is 0.927. The number of aryl methyl sites for hydroxylation is 1. The Kier molecular flexibility index (Phi) is 3.89. The Morgan fingerprint density at radius 1 is 1.20 bits per heavy atom. The van der Waals surface area contributed by atoms with E-state index in [1.165, 1.54) is 23.7 Å². The molecule has 6 nitrogen and oxygen atoms in total. The van der Waals surface area contributed by atoms with Crippen molar-refractivity contribution in [2.45, 2.75) is 11.8 Å². The second-order valence-electron chi connectivity index (χ2n) is 4.30. The first kappa shape index (κ1) is 14.3. The number of nitrogens with one attached hydrogen (secondary N) is 1. The highest BCUT2D eigenvalue weighted by Gasteiger charge is 2.22. The Hall–Kier alpha value is -2.15. The van der Waals surface area contributed by atoms with Crippen LogP contribution in [0.15, 0.2) is 41.6 Å². The fourth-order valence-electron chi connectivity index (χ4n) is 1.70. The van der Waals surface area contributed by atoms with Crippen molar-refractivity contribution in [1.82, 2.24) is 9.97 Å². The predicted octanol–water partition coefficient (Wildman–Crippen LogP) is 1.65. The Balaban J connectivity index is 2.38. The van der Waals surface area contributed by atoms with Crippen LogP contribution in [0.3, 0.4) is 0 Å². The molecule has 1 aromatic heterocycles. The zero-order chi connectivity index (χ0) is 14.8. The van der Waals surface area contributed by atoms with Gasteiger partial charge in [0.25, 0.3) is 10.0 Å². The average Bonchev–Trinajstić information content (AvgIpc) is 2.46. The fraction of sp³-hybridized carbons (Fsp3) is 0.231. The molecule has 0 saturated heterocycles. The monoisotopic (exact) mass is 292 g/mol. The van der Waals surface area contributed by atoms with Crippen LogP contribution >= 0.6 is 0 Å². The lowest BCUT2D eigenvalue weighted by Gasteiger charge is -2.19. The Morgan fingerprint density at radius 3 is 2.40 bits per heavy atom. The number of aromatic nitrogens is 2. The first-order valence-electron chi connectivity index (χ1n) is 6.00. The average molecular weight is 292 g/mol. The van der Waals surface area contributed by atoms with E-state index in [2.05, 4.69) is 15.3 Å². The van der Waals surface area contributed by atoms with Gasteiger partial charge in [0, 0.05) is 14.1 Å². The van der Waals surface area contributed by atoms with Crippen LogP contribution < -0.4 is 9.62 Å². The van der Waals surface area contributed by atoms with Gasteiger partial charge < -0.3 is 5.32 Å². The highest BCUT2D eigenvalue weighted by molar-refractivity contribution is 7.92.